The zero-order valence-electron chi connectivity index (χ0n) is 8.67. The van der Waals surface area contributed by atoms with Crippen LogP contribution in [0.5, 0.6) is 0 Å². The molecule has 0 bridgehead atoms. The Labute approximate surface area is 89.3 Å². The molecule has 0 saturated heterocycles. The molecule has 0 aliphatic heterocycles. The first kappa shape index (κ1) is 11.2. The summed E-state index contributed by atoms with van der Waals surface area (Å²) in [6.45, 7) is 5.68. The maximum atomic E-state index is 10.9. The van der Waals surface area contributed by atoms with E-state index in [9.17, 15) is 4.79 Å². The molecule has 0 aromatic carbocycles. The van der Waals surface area contributed by atoms with Crippen LogP contribution < -0.4 is 0 Å². The molecule has 0 N–H and O–H groups in total. The van der Waals surface area contributed by atoms with E-state index >= 15 is 0 Å². The van der Waals surface area contributed by atoms with Gasteiger partial charge in [0.2, 0.25) is 0 Å². The van der Waals surface area contributed by atoms with E-state index in [0.717, 1.165) is 5.56 Å². The predicted molar refractivity (Wildman–Crippen MR) is 57.7 cm³/mol. The summed E-state index contributed by atoms with van der Waals surface area (Å²) in [5, 5.41) is 0.637. The summed E-state index contributed by atoms with van der Waals surface area (Å²) in [5.74, 6) is 0.441. The first-order chi connectivity index (χ1) is 6.52. The van der Waals surface area contributed by atoms with E-state index < -0.39 is 0 Å². The third-order valence-electron chi connectivity index (χ3n) is 2.03. The number of hydrogen-bond donors (Lipinski definition) is 0. The molecule has 76 valence electrons. The molecule has 0 aliphatic carbocycles. The second-order valence-corrected chi connectivity index (χ2v) is 4.07. The minimum Gasteiger partial charge on any atom is -0.300 e. The van der Waals surface area contributed by atoms with Gasteiger partial charge in [0, 0.05) is 12.6 Å². The van der Waals surface area contributed by atoms with Crippen LogP contribution in [-0.2, 0) is 11.2 Å². The third-order valence-corrected chi connectivity index (χ3v) is 2.47. The van der Waals surface area contributed by atoms with E-state index in [1.165, 1.54) is 0 Å². The minimum atomic E-state index is 0.0836. The molecule has 1 heterocycles. The topological polar surface area (TPSA) is 30.0 Å². The molecule has 1 aromatic heterocycles. The van der Waals surface area contributed by atoms with Crippen molar-refractivity contribution in [2.75, 3.05) is 0 Å². The Balaban J connectivity index is 3.07. The van der Waals surface area contributed by atoms with Gasteiger partial charge in [0.1, 0.15) is 5.78 Å². The number of aromatic nitrogens is 1. The highest BCUT2D eigenvalue weighted by atomic mass is 35.5. The zero-order chi connectivity index (χ0) is 10.7. The van der Waals surface area contributed by atoms with Crippen LogP contribution in [0.1, 0.15) is 37.9 Å². The van der Waals surface area contributed by atoms with Crippen LogP contribution in [0.2, 0.25) is 5.02 Å². The lowest BCUT2D eigenvalue weighted by Crippen LogP contribution is -2.02. The quantitative estimate of drug-likeness (QED) is 0.770. The Morgan fingerprint density at radius 1 is 1.57 bits per heavy atom. The van der Waals surface area contributed by atoms with Crippen molar-refractivity contribution in [3.05, 3.63) is 28.5 Å². The average Bonchev–Trinajstić information content (AvgIpc) is 2.07. The number of rotatable bonds is 3. The van der Waals surface area contributed by atoms with Crippen LogP contribution in [0.3, 0.4) is 0 Å². The maximum absolute atomic E-state index is 10.9. The Bertz CT molecular complexity index is 347. The van der Waals surface area contributed by atoms with Crippen LogP contribution >= 0.6 is 11.6 Å². The highest BCUT2D eigenvalue weighted by molar-refractivity contribution is 6.32. The molecule has 3 heteroatoms. The standard InChI is InChI=1S/C11H14ClNO/c1-7(2)9-4-5-13-10(11(9)12)6-8(3)14/h4-5,7H,6H2,1-3H3. The van der Waals surface area contributed by atoms with Gasteiger partial charge in [-0.05, 0) is 24.5 Å². The van der Waals surface area contributed by atoms with Gasteiger partial charge in [0.05, 0.1) is 10.7 Å². The predicted octanol–water partition coefficient (Wildman–Crippen LogP) is 2.99. The summed E-state index contributed by atoms with van der Waals surface area (Å²) in [6.07, 6.45) is 2.03. The molecule has 0 atom stereocenters. The maximum Gasteiger partial charge on any atom is 0.135 e. The fraction of sp³-hybridized carbons (Fsp3) is 0.455. The van der Waals surface area contributed by atoms with Crippen molar-refractivity contribution in [3.8, 4) is 0 Å². The van der Waals surface area contributed by atoms with Gasteiger partial charge in [-0.3, -0.25) is 9.78 Å². The van der Waals surface area contributed by atoms with Crippen molar-refractivity contribution < 1.29 is 4.79 Å². The van der Waals surface area contributed by atoms with Crippen LogP contribution in [0.25, 0.3) is 0 Å². The molecule has 0 radical (unpaired) electrons. The van der Waals surface area contributed by atoms with E-state index in [1.807, 2.05) is 6.07 Å². The van der Waals surface area contributed by atoms with Crippen LogP contribution in [0.15, 0.2) is 12.3 Å². The normalized spacial score (nSPS) is 10.6. The van der Waals surface area contributed by atoms with Gasteiger partial charge in [-0.15, -0.1) is 0 Å². The first-order valence-electron chi connectivity index (χ1n) is 4.65. The molecular formula is C11H14ClNO. The highest BCUT2D eigenvalue weighted by Gasteiger charge is 2.11. The van der Waals surface area contributed by atoms with Crippen LogP contribution in [-0.4, -0.2) is 10.8 Å². The average molecular weight is 212 g/mol. The Morgan fingerprint density at radius 3 is 2.71 bits per heavy atom. The van der Waals surface area contributed by atoms with Crippen molar-refractivity contribution >= 4 is 17.4 Å². The summed E-state index contributed by atoms with van der Waals surface area (Å²) >= 11 is 6.13. The Morgan fingerprint density at radius 2 is 2.21 bits per heavy atom. The van der Waals surface area contributed by atoms with E-state index in [0.29, 0.717) is 23.1 Å². The molecule has 0 saturated carbocycles. The lowest BCUT2D eigenvalue weighted by atomic mass is 10.0. The number of halogens is 1. The number of carbonyl (C=O) groups is 1. The second-order valence-electron chi connectivity index (χ2n) is 3.69. The van der Waals surface area contributed by atoms with Crippen LogP contribution in [0.4, 0.5) is 0 Å². The van der Waals surface area contributed by atoms with Gasteiger partial charge in [-0.1, -0.05) is 25.4 Å². The molecule has 14 heavy (non-hydrogen) atoms. The number of ketones is 1. The minimum absolute atomic E-state index is 0.0836. The second kappa shape index (κ2) is 4.56. The fourth-order valence-corrected chi connectivity index (χ4v) is 1.71. The molecule has 1 rings (SSSR count). The van der Waals surface area contributed by atoms with E-state index in [2.05, 4.69) is 18.8 Å². The largest absolute Gasteiger partial charge is 0.300 e. The van der Waals surface area contributed by atoms with Gasteiger partial charge in [0.25, 0.3) is 0 Å². The fourth-order valence-electron chi connectivity index (χ4n) is 1.31. The Hall–Kier alpha value is -0.890. The summed E-state index contributed by atoms with van der Waals surface area (Å²) < 4.78 is 0. The van der Waals surface area contributed by atoms with Gasteiger partial charge in [-0.2, -0.15) is 0 Å². The summed E-state index contributed by atoms with van der Waals surface area (Å²) in [6, 6.07) is 1.90. The number of carbonyl (C=O) groups excluding carboxylic acids is 1. The van der Waals surface area contributed by atoms with Gasteiger partial charge in [0.15, 0.2) is 0 Å². The first-order valence-corrected chi connectivity index (χ1v) is 5.03. The highest BCUT2D eigenvalue weighted by Crippen LogP contribution is 2.26. The van der Waals surface area contributed by atoms with Crippen molar-refractivity contribution in [2.45, 2.75) is 33.1 Å². The lowest BCUT2D eigenvalue weighted by Gasteiger charge is -2.10. The summed E-state index contributed by atoms with van der Waals surface area (Å²) in [7, 11) is 0. The number of pyridine rings is 1. The molecular weight excluding hydrogens is 198 g/mol. The summed E-state index contributed by atoms with van der Waals surface area (Å²) in [5.41, 5.74) is 1.74. The number of nitrogens with zero attached hydrogens (tertiary/aromatic N) is 1. The molecule has 2 nitrogen and oxygen atoms in total. The zero-order valence-corrected chi connectivity index (χ0v) is 9.43. The lowest BCUT2D eigenvalue weighted by molar-refractivity contribution is -0.116. The molecule has 0 unspecified atom stereocenters. The van der Waals surface area contributed by atoms with Gasteiger partial charge < -0.3 is 0 Å². The van der Waals surface area contributed by atoms with E-state index in [1.54, 1.807) is 13.1 Å². The van der Waals surface area contributed by atoms with Crippen molar-refractivity contribution in [3.63, 3.8) is 0 Å². The van der Waals surface area contributed by atoms with Crippen LogP contribution in [0, 0.1) is 0 Å². The Kier molecular flexibility index (Phi) is 3.64. The molecule has 0 fully saturated rings. The van der Waals surface area contributed by atoms with Gasteiger partial charge in [-0.25, -0.2) is 0 Å². The molecule has 0 amide bonds. The SMILES string of the molecule is CC(=O)Cc1nccc(C(C)C)c1Cl. The van der Waals surface area contributed by atoms with Crippen molar-refractivity contribution in [2.24, 2.45) is 0 Å². The third kappa shape index (κ3) is 2.55. The van der Waals surface area contributed by atoms with E-state index in [-0.39, 0.29) is 5.78 Å². The van der Waals surface area contributed by atoms with Gasteiger partial charge >= 0.3 is 0 Å². The monoisotopic (exact) mass is 211 g/mol. The number of Topliss-reactive ketones (excluding diaryl/α,β-unsaturated/α-hetero) is 1. The smallest absolute Gasteiger partial charge is 0.135 e. The summed E-state index contributed by atoms with van der Waals surface area (Å²) in [4.78, 5) is 15.1. The number of hydrogen-bond acceptors (Lipinski definition) is 2. The van der Waals surface area contributed by atoms with Crippen molar-refractivity contribution in [1.82, 2.24) is 4.98 Å². The molecule has 0 spiro atoms. The molecule has 0 aliphatic rings. The van der Waals surface area contributed by atoms with E-state index in [4.69, 9.17) is 11.6 Å². The molecule has 1 aromatic rings. The van der Waals surface area contributed by atoms with Crippen molar-refractivity contribution in [1.29, 1.82) is 0 Å².